The Balaban J connectivity index is 0.791. The van der Waals surface area contributed by atoms with Gasteiger partial charge >= 0.3 is 24.0 Å². The maximum Gasteiger partial charge on any atom is 0.407 e. The number of hydrogen-bond acceptors (Lipinski definition) is 19. The lowest BCUT2D eigenvalue weighted by Gasteiger charge is -2.42. The summed E-state index contributed by atoms with van der Waals surface area (Å²) < 4.78 is 61.7. The highest BCUT2D eigenvalue weighted by molar-refractivity contribution is 5.97. The first-order valence-corrected chi connectivity index (χ1v) is 29.2. The smallest absolute Gasteiger partial charge is 0.407 e. The van der Waals surface area contributed by atoms with Crippen LogP contribution in [-0.4, -0.2) is 133 Å². The molecule has 9 rings (SSSR count). The highest BCUT2D eigenvalue weighted by Gasteiger charge is 2.49. The van der Waals surface area contributed by atoms with Gasteiger partial charge in [-0.3, -0.25) is 28.8 Å². The SMILES string of the molecule is CC[C@@]1(O)C(=O)OCc2c1cc1n(c2=O)Cc2c-1nc1cc(F)c(C)c3c1c2[C@@H](NC(=O)COCCC(=O)CNC(=O)OCc1ccc(O[C@@H]2O[C@H](C(=O)OC)[C@@H](C)[C@H](C)[C@H]2OC(C)=O)c(C(=O)NCCNC(=O)COC2C#CCCCCC2)c1)CC3. The Bertz CT molecular complexity index is 3520. The Morgan fingerprint density at radius 2 is 1.74 bits per heavy atom. The van der Waals surface area contributed by atoms with Crippen molar-refractivity contribution in [2.24, 2.45) is 11.8 Å². The van der Waals surface area contributed by atoms with Crippen molar-refractivity contribution in [3.63, 3.8) is 0 Å². The van der Waals surface area contributed by atoms with Gasteiger partial charge in [-0.05, 0) is 91.8 Å². The van der Waals surface area contributed by atoms with Crippen molar-refractivity contribution in [3.8, 4) is 29.0 Å². The van der Waals surface area contributed by atoms with Crippen LogP contribution in [0.1, 0.15) is 134 Å². The molecular formula is C62H71FN6O18. The molecule has 0 bridgehead atoms. The van der Waals surface area contributed by atoms with Crippen LogP contribution in [0.15, 0.2) is 35.1 Å². The summed E-state index contributed by atoms with van der Waals surface area (Å²) in [7, 11) is 1.20. The number of ether oxygens (including phenoxy) is 8. The number of alkyl carbamates (subject to hydrolysis) is 1. The quantitative estimate of drug-likeness (QED) is 0.0280. The number of benzene rings is 2. The van der Waals surface area contributed by atoms with Crippen molar-refractivity contribution in [1.82, 2.24) is 30.8 Å². The summed E-state index contributed by atoms with van der Waals surface area (Å²) in [6, 6.07) is 6.54. The molecule has 0 saturated carbocycles. The van der Waals surface area contributed by atoms with Crippen molar-refractivity contribution in [2.75, 3.05) is 46.6 Å². The average Bonchev–Trinajstić information content (AvgIpc) is 1.65. The van der Waals surface area contributed by atoms with Crippen LogP contribution in [0, 0.1) is 36.4 Å². The maximum atomic E-state index is 15.4. The Kier molecular flexibility index (Phi) is 20.0. The number of nitrogens with zero attached hydrogens (tertiary/aromatic N) is 2. The number of methoxy groups -OCH3 is 1. The van der Waals surface area contributed by atoms with Gasteiger partial charge in [0, 0.05) is 61.4 Å². The summed E-state index contributed by atoms with van der Waals surface area (Å²) in [4.78, 5) is 123. The lowest BCUT2D eigenvalue weighted by Crippen LogP contribution is -2.55. The third-order valence-electron chi connectivity index (χ3n) is 16.6. The van der Waals surface area contributed by atoms with Gasteiger partial charge in [0.05, 0.1) is 60.9 Å². The summed E-state index contributed by atoms with van der Waals surface area (Å²) in [6.07, 6.45) is 0.202. The number of amides is 4. The zero-order valence-electron chi connectivity index (χ0n) is 49.3. The van der Waals surface area contributed by atoms with Crippen LogP contribution in [-0.2, 0) is 93.7 Å². The fraction of sp³-hybridized carbons (Fsp3) is 0.516. The number of aromatic nitrogens is 2. The zero-order chi connectivity index (χ0) is 62.3. The molecule has 5 aliphatic rings. The molecule has 25 heteroatoms. The molecule has 87 heavy (non-hydrogen) atoms. The zero-order valence-corrected chi connectivity index (χ0v) is 49.3. The number of cyclic esters (lactones) is 1. The number of hydrogen-bond donors (Lipinski definition) is 5. The minimum atomic E-state index is -2.06. The molecule has 0 spiro atoms. The van der Waals surface area contributed by atoms with E-state index >= 15 is 4.39 Å². The van der Waals surface area contributed by atoms with E-state index in [9.17, 15) is 48.3 Å². The van der Waals surface area contributed by atoms with Crippen LogP contribution < -0.4 is 31.6 Å². The minimum Gasteiger partial charge on any atom is -0.467 e. The second-order valence-electron chi connectivity index (χ2n) is 22.3. The second kappa shape index (κ2) is 27.6. The molecule has 8 atom stereocenters. The Morgan fingerprint density at radius 1 is 0.943 bits per heavy atom. The molecule has 5 heterocycles. The third kappa shape index (κ3) is 13.9. The topological polar surface area (TPSA) is 314 Å². The largest absolute Gasteiger partial charge is 0.467 e. The third-order valence-corrected chi connectivity index (χ3v) is 16.6. The van der Waals surface area contributed by atoms with E-state index in [1.54, 1.807) is 33.8 Å². The van der Waals surface area contributed by atoms with E-state index in [1.807, 2.05) is 0 Å². The molecular weight excluding hydrogens is 1140 g/mol. The molecule has 1 unspecified atom stereocenters. The number of carbonyl (C=O) groups is 8. The fourth-order valence-electron chi connectivity index (χ4n) is 11.6. The number of carbonyl (C=O) groups excluding carboxylic acids is 8. The first-order chi connectivity index (χ1) is 41.7. The molecule has 0 radical (unpaired) electrons. The van der Waals surface area contributed by atoms with Gasteiger partial charge in [-0.25, -0.2) is 23.8 Å². The molecule has 3 aliphatic heterocycles. The van der Waals surface area contributed by atoms with Crippen molar-refractivity contribution in [1.29, 1.82) is 0 Å². The average molecular weight is 1210 g/mol. The van der Waals surface area contributed by atoms with Crippen LogP contribution >= 0.6 is 0 Å². The molecule has 2 aromatic heterocycles. The number of esters is 3. The van der Waals surface area contributed by atoms with E-state index in [-0.39, 0.29) is 87.4 Å². The van der Waals surface area contributed by atoms with Crippen LogP contribution in [0.25, 0.3) is 22.3 Å². The number of nitrogens with one attached hydrogen (secondary N) is 4. The summed E-state index contributed by atoms with van der Waals surface area (Å²) in [5.74, 6) is 0.382. The van der Waals surface area contributed by atoms with Crippen molar-refractivity contribution in [3.05, 3.63) is 91.0 Å². The van der Waals surface area contributed by atoms with Gasteiger partial charge in [0.25, 0.3) is 11.5 Å². The first kappa shape index (κ1) is 63.2. The van der Waals surface area contributed by atoms with Crippen LogP contribution in [0.3, 0.4) is 0 Å². The molecule has 1 fully saturated rings. The van der Waals surface area contributed by atoms with E-state index < -0.39 is 114 Å². The molecule has 1 saturated heterocycles. The number of Topliss-reactive ketones (excluding diaryl/α,β-unsaturated/α-hetero) is 1. The molecule has 464 valence electrons. The lowest BCUT2D eigenvalue weighted by atomic mass is 9.81. The van der Waals surface area contributed by atoms with Crippen molar-refractivity contribution in [2.45, 2.75) is 148 Å². The van der Waals surface area contributed by atoms with Gasteiger partial charge in [0.2, 0.25) is 18.1 Å². The molecule has 4 aromatic rings. The van der Waals surface area contributed by atoms with Crippen LogP contribution in [0.5, 0.6) is 5.75 Å². The molecule has 4 amide bonds. The second-order valence-corrected chi connectivity index (χ2v) is 22.3. The summed E-state index contributed by atoms with van der Waals surface area (Å²) in [5.41, 5.74) is 1.40. The molecule has 2 aromatic carbocycles. The summed E-state index contributed by atoms with van der Waals surface area (Å²) in [5, 5.41) is 22.9. The van der Waals surface area contributed by atoms with Gasteiger partial charge in [-0.2, -0.15) is 0 Å². The number of pyridine rings is 2. The Morgan fingerprint density at radius 3 is 2.51 bits per heavy atom. The number of aryl methyl sites for hydroxylation is 1. The molecule has 5 N–H and O–H groups in total. The molecule has 24 nitrogen and oxygen atoms in total. The van der Waals surface area contributed by atoms with E-state index in [0.29, 0.717) is 57.4 Å². The van der Waals surface area contributed by atoms with Crippen LogP contribution in [0.2, 0.25) is 0 Å². The minimum absolute atomic E-state index is 0.0274. The van der Waals surface area contributed by atoms with Crippen LogP contribution in [0.4, 0.5) is 9.18 Å². The van der Waals surface area contributed by atoms with Gasteiger partial charge in [0.15, 0.2) is 23.6 Å². The fourth-order valence-corrected chi connectivity index (χ4v) is 11.6. The van der Waals surface area contributed by atoms with E-state index in [4.69, 9.17) is 42.9 Å². The van der Waals surface area contributed by atoms with E-state index in [1.165, 1.54) is 42.9 Å². The standard InChI is InChI=1S/C62H71FN6O18/c1-7-62(79)43-24-47-53-41(27-69(47)57(75)42(43)29-83-60(62)77)52-45(17-16-39-34(4)44(63)25-46(68-53)51(39)52)67-50(73)30-81-22-19-37(71)26-66-61(78)84-28-36-15-18-48(86-59-55(85-35(5)70)33(3)32(2)54(87-59)58(76)80-6)40(23-36)56(74)65-21-20-64-49(72)31-82-38-13-11-9-8-10-12-14-38/h15,18,23-25,32-33,38,45,54-55,59,79H,7-11,13,16-17,19-22,26-31H2,1-6H3,(H,64,72)(H,65,74)(H,66,78)(H,67,73)/t32-,33-,38?,45-,54-,55+,59+,62-/m0/s1. The summed E-state index contributed by atoms with van der Waals surface area (Å²) >= 11 is 0. The van der Waals surface area contributed by atoms with Crippen molar-refractivity contribution >= 4 is 58.4 Å². The Hall–Kier alpha value is -8.31. The number of aliphatic hydroxyl groups is 1. The normalized spacial score (nSPS) is 22.5. The highest BCUT2D eigenvalue weighted by Crippen LogP contribution is 2.46. The van der Waals surface area contributed by atoms with Gasteiger partial charge in [-0.15, -0.1) is 5.92 Å². The summed E-state index contributed by atoms with van der Waals surface area (Å²) in [6.45, 7) is 6.01. The molecule has 2 aliphatic carbocycles. The van der Waals surface area contributed by atoms with E-state index in [0.717, 1.165) is 37.7 Å². The number of rotatable bonds is 22. The lowest BCUT2D eigenvalue weighted by molar-refractivity contribution is -0.248. The predicted octanol–water partition coefficient (Wildman–Crippen LogP) is 4.21. The predicted molar refractivity (Wildman–Crippen MR) is 305 cm³/mol. The van der Waals surface area contributed by atoms with Gasteiger partial charge in [0.1, 0.15) is 44.1 Å². The monoisotopic (exact) mass is 1210 g/mol. The number of fused-ring (bicyclic) bond motifs is 5. The maximum absolute atomic E-state index is 15.4. The number of halogens is 1. The first-order valence-electron chi connectivity index (χ1n) is 29.2. The van der Waals surface area contributed by atoms with Gasteiger partial charge < -0.3 is 68.8 Å². The number of ketones is 1. The van der Waals surface area contributed by atoms with Gasteiger partial charge in [-0.1, -0.05) is 39.2 Å². The van der Waals surface area contributed by atoms with E-state index in [2.05, 4.69) is 33.1 Å². The highest BCUT2D eigenvalue weighted by atomic mass is 19.1. The van der Waals surface area contributed by atoms with Crippen molar-refractivity contribution < 1.29 is 85.7 Å². The Labute approximate surface area is 500 Å².